The highest BCUT2D eigenvalue weighted by atomic mass is 35.5. The Kier molecular flexibility index (Phi) is 4.11. The summed E-state index contributed by atoms with van der Waals surface area (Å²) in [6.45, 7) is 9.33. The molecule has 1 heterocycles. The van der Waals surface area contributed by atoms with Crippen molar-refractivity contribution in [2.24, 2.45) is 5.41 Å². The van der Waals surface area contributed by atoms with E-state index in [0.29, 0.717) is 5.88 Å². The van der Waals surface area contributed by atoms with Gasteiger partial charge in [-0.1, -0.05) is 6.92 Å². The van der Waals surface area contributed by atoms with Crippen LogP contribution in [0.15, 0.2) is 0 Å². The van der Waals surface area contributed by atoms with Crippen LogP contribution in [-0.2, 0) is 4.74 Å². The van der Waals surface area contributed by atoms with Crippen LogP contribution in [-0.4, -0.2) is 35.6 Å². The predicted octanol–water partition coefficient (Wildman–Crippen LogP) is 3.26. The van der Waals surface area contributed by atoms with Gasteiger partial charge in [-0.3, -0.25) is 0 Å². The summed E-state index contributed by atoms with van der Waals surface area (Å²) < 4.78 is 5.33. The van der Waals surface area contributed by atoms with E-state index in [0.717, 1.165) is 25.9 Å². The third kappa shape index (κ3) is 3.85. The third-order valence-corrected chi connectivity index (χ3v) is 3.59. The zero-order chi connectivity index (χ0) is 12.4. The Bertz CT molecular complexity index is 252. The second-order valence-corrected chi connectivity index (χ2v) is 6.18. The summed E-state index contributed by atoms with van der Waals surface area (Å²) in [5, 5.41) is 0. The summed E-state index contributed by atoms with van der Waals surface area (Å²) in [7, 11) is 0. The summed E-state index contributed by atoms with van der Waals surface area (Å²) >= 11 is 5.92. The maximum atomic E-state index is 11.8. The minimum Gasteiger partial charge on any atom is -0.444 e. The van der Waals surface area contributed by atoms with Crippen LogP contribution < -0.4 is 0 Å². The Labute approximate surface area is 103 Å². The quantitative estimate of drug-likeness (QED) is 0.666. The Hall–Kier alpha value is -0.440. The van der Waals surface area contributed by atoms with E-state index < -0.39 is 5.60 Å². The van der Waals surface area contributed by atoms with Crippen LogP contribution in [0.1, 0.15) is 40.5 Å². The van der Waals surface area contributed by atoms with Gasteiger partial charge >= 0.3 is 6.09 Å². The molecule has 94 valence electrons. The van der Waals surface area contributed by atoms with Crippen LogP contribution in [0.4, 0.5) is 4.79 Å². The number of hydrogen-bond acceptors (Lipinski definition) is 2. The molecule has 16 heavy (non-hydrogen) atoms. The third-order valence-electron chi connectivity index (χ3n) is 2.94. The van der Waals surface area contributed by atoms with Crippen molar-refractivity contribution in [3.63, 3.8) is 0 Å². The molecule has 1 fully saturated rings. The van der Waals surface area contributed by atoms with Gasteiger partial charge in [0, 0.05) is 19.0 Å². The van der Waals surface area contributed by atoms with Gasteiger partial charge in [0.2, 0.25) is 0 Å². The lowest BCUT2D eigenvalue weighted by Crippen LogP contribution is -2.44. The average molecular weight is 248 g/mol. The molecule has 1 saturated heterocycles. The van der Waals surface area contributed by atoms with E-state index in [1.165, 1.54) is 0 Å². The monoisotopic (exact) mass is 247 g/mol. The number of halogens is 1. The first-order chi connectivity index (χ1) is 7.26. The minimum atomic E-state index is -0.412. The number of rotatable bonds is 1. The van der Waals surface area contributed by atoms with Gasteiger partial charge in [0.05, 0.1) is 0 Å². The molecule has 0 bridgehead atoms. The predicted molar refractivity (Wildman–Crippen MR) is 65.9 cm³/mol. The minimum absolute atomic E-state index is 0.181. The number of piperidine rings is 1. The molecule has 0 saturated carbocycles. The van der Waals surface area contributed by atoms with Gasteiger partial charge in [-0.05, 0) is 39.0 Å². The lowest BCUT2D eigenvalue weighted by Gasteiger charge is -2.38. The van der Waals surface area contributed by atoms with Crippen molar-refractivity contribution in [2.45, 2.75) is 46.1 Å². The fraction of sp³-hybridized carbons (Fsp3) is 0.917. The highest BCUT2D eigenvalue weighted by Crippen LogP contribution is 2.32. The number of carbonyl (C=O) groups is 1. The topological polar surface area (TPSA) is 29.5 Å². The maximum Gasteiger partial charge on any atom is 0.410 e. The molecule has 3 nitrogen and oxygen atoms in total. The van der Waals surface area contributed by atoms with Crippen LogP contribution in [0.3, 0.4) is 0 Å². The first-order valence-electron chi connectivity index (χ1n) is 5.80. The molecule has 4 heteroatoms. The molecular weight excluding hydrogens is 226 g/mol. The van der Waals surface area contributed by atoms with Gasteiger partial charge in [-0.25, -0.2) is 4.79 Å². The number of alkyl halides is 1. The van der Waals surface area contributed by atoms with Crippen LogP contribution in [0.5, 0.6) is 0 Å². The summed E-state index contributed by atoms with van der Waals surface area (Å²) in [6, 6.07) is 0. The van der Waals surface area contributed by atoms with Crippen molar-refractivity contribution in [3.8, 4) is 0 Å². The summed E-state index contributed by atoms with van der Waals surface area (Å²) in [4.78, 5) is 13.6. The van der Waals surface area contributed by atoms with E-state index in [2.05, 4.69) is 6.92 Å². The van der Waals surface area contributed by atoms with E-state index >= 15 is 0 Å². The average Bonchev–Trinajstić information content (AvgIpc) is 2.16. The number of hydrogen-bond donors (Lipinski definition) is 0. The van der Waals surface area contributed by atoms with Crippen molar-refractivity contribution in [2.75, 3.05) is 19.0 Å². The Morgan fingerprint density at radius 3 is 2.25 bits per heavy atom. The van der Waals surface area contributed by atoms with Crippen LogP contribution in [0.25, 0.3) is 0 Å². The standard InChI is InChI=1S/C12H22ClNO2/c1-11(2,3)16-10(15)14-7-5-12(4,9-13)6-8-14/h5-9H2,1-4H3. The van der Waals surface area contributed by atoms with Gasteiger partial charge in [-0.2, -0.15) is 0 Å². The fourth-order valence-electron chi connectivity index (χ4n) is 1.69. The maximum absolute atomic E-state index is 11.8. The smallest absolute Gasteiger partial charge is 0.410 e. The SMILES string of the molecule is CC1(CCl)CCN(C(=O)OC(C)(C)C)CC1. The Morgan fingerprint density at radius 1 is 1.38 bits per heavy atom. The van der Waals surface area contributed by atoms with E-state index in [4.69, 9.17) is 16.3 Å². The highest BCUT2D eigenvalue weighted by molar-refractivity contribution is 6.18. The molecule has 1 amide bonds. The van der Waals surface area contributed by atoms with Crippen LogP contribution >= 0.6 is 11.6 Å². The van der Waals surface area contributed by atoms with Crippen molar-refractivity contribution < 1.29 is 9.53 Å². The van der Waals surface area contributed by atoms with Gasteiger partial charge < -0.3 is 9.64 Å². The molecule has 0 unspecified atom stereocenters. The van der Waals surface area contributed by atoms with Crippen molar-refractivity contribution >= 4 is 17.7 Å². The normalized spacial score (nSPS) is 20.7. The van der Waals surface area contributed by atoms with E-state index in [1.807, 2.05) is 20.8 Å². The van der Waals surface area contributed by atoms with Crippen LogP contribution in [0, 0.1) is 5.41 Å². The summed E-state index contributed by atoms with van der Waals surface area (Å²) in [5.74, 6) is 0.662. The second-order valence-electron chi connectivity index (χ2n) is 5.91. The van der Waals surface area contributed by atoms with Gasteiger partial charge in [0.25, 0.3) is 0 Å². The zero-order valence-corrected chi connectivity index (χ0v) is 11.4. The van der Waals surface area contributed by atoms with Crippen molar-refractivity contribution in [1.82, 2.24) is 4.90 Å². The molecule has 1 aliphatic heterocycles. The lowest BCUT2D eigenvalue weighted by molar-refractivity contribution is 0.0138. The molecule has 0 atom stereocenters. The number of carbonyl (C=O) groups excluding carboxylic acids is 1. The Morgan fingerprint density at radius 2 is 1.88 bits per heavy atom. The van der Waals surface area contributed by atoms with Gasteiger partial charge in [0.1, 0.15) is 5.60 Å². The van der Waals surface area contributed by atoms with Crippen LogP contribution in [0.2, 0.25) is 0 Å². The molecule has 1 rings (SSSR count). The molecule has 0 aromatic rings. The Balaban J connectivity index is 2.45. The molecule has 0 aliphatic carbocycles. The molecule has 0 radical (unpaired) electrons. The zero-order valence-electron chi connectivity index (χ0n) is 10.7. The van der Waals surface area contributed by atoms with Crippen molar-refractivity contribution in [3.05, 3.63) is 0 Å². The molecule has 0 N–H and O–H groups in total. The van der Waals surface area contributed by atoms with E-state index in [-0.39, 0.29) is 11.5 Å². The lowest BCUT2D eigenvalue weighted by atomic mass is 9.82. The van der Waals surface area contributed by atoms with Gasteiger partial charge in [0.15, 0.2) is 0 Å². The van der Waals surface area contributed by atoms with Gasteiger partial charge in [-0.15, -0.1) is 11.6 Å². The largest absolute Gasteiger partial charge is 0.444 e. The fourth-order valence-corrected chi connectivity index (χ4v) is 1.96. The molecule has 0 spiro atoms. The number of ether oxygens (including phenoxy) is 1. The molecule has 0 aromatic heterocycles. The summed E-state index contributed by atoms with van der Waals surface area (Å²) in [5.41, 5.74) is -0.232. The molecule has 1 aliphatic rings. The number of likely N-dealkylation sites (tertiary alicyclic amines) is 1. The second kappa shape index (κ2) is 4.82. The summed E-state index contributed by atoms with van der Waals surface area (Å²) in [6.07, 6.45) is 1.70. The highest BCUT2D eigenvalue weighted by Gasteiger charge is 2.32. The van der Waals surface area contributed by atoms with E-state index in [1.54, 1.807) is 4.90 Å². The first-order valence-corrected chi connectivity index (χ1v) is 6.33. The number of amides is 1. The van der Waals surface area contributed by atoms with E-state index in [9.17, 15) is 4.79 Å². The first kappa shape index (κ1) is 13.6. The molecule has 0 aromatic carbocycles. The number of nitrogens with zero attached hydrogens (tertiary/aromatic N) is 1. The molecular formula is C12H22ClNO2. The van der Waals surface area contributed by atoms with Crippen molar-refractivity contribution in [1.29, 1.82) is 0 Å².